The van der Waals surface area contributed by atoms with Crippen molar-refractivity contribution in [3.8, 4) is 17.2 Å². The molecule has 0 radical (unpaired) electrons. The average molecular weight is 793 g/mol. The lowest BCUT2D eigenvalue weighted by molar-refractivity contribution is -0.256. The van der Waals surface area contributed by atoms with Crippen LogP contribution < -0.4 is 9.47 Å². The molecule has 2 aliphatic carbocycles. The second-order valence-corrected chi connectivity index (χ2v) is 15.3. The lowest BCUT2D eigenvalue weighted by Gasteiger charge is -2.59. The predicted molar refractivity (Wildman–Crippen MR) is 220 cm³/mol. The van der Waals surface area contributed by atoms with Crippen LogP contribution in [0.1, 0.15) is 62.0 Å². The van der Waals surface area contributed by atoms with Gasteiger partial charge in [0, 0.05) is 37.7 Å². The van der Waals surface area contributed by atoms with Crippen LogP contribution in [0.3, 0.4) is 0 Å². The summed E-state index contributed by atoms with van der Waals surface area (Å²) in [4.78, 5) is 21.1. The van der Waals surface area contributed by atoms with Gasteiger partial charge in [-0.25, -0.2) is 9.18 Å². The van der Waals surface area contributed by atoms with E-state index >= 15 is 0 Å². The van der Waals surface area contributed by atoms with Crippen LogP contribution in [0, 0.1) is 23.6 Å². The van der Waals surface area contributed by atoms with Crippen LogP contribution in [0.15, 0.2) is 114 Å². The first kappa shape index (κ1) is 40.9. The van der Waals surface area contributed by atoms with Gasteiger partial charge in [-0.2, -0.15) is 0 Å². The number of carbonyl (C=O) groups is 1. The molecule has 2 N–H and O–H groups in total. The molecule has 0 aromatic heterocycles. The molecular weight excluding hydrogens is 740 g/mol. The maximum Gasteiger partial charge on any atom is 0.410 e. The topological polar surface area (TPSA) is 119 Å². The van der Waals surface area contributed by atoms with E-state index in [9.17, 15) is 19.4 Å². The summed E-state index contributed by atoms with van der Waals surface area (Å²) in [6.07, 6.45) is 8.09. The number of carbonyl (C=O) groups excluding carboxylic acids is 1. The summed E-state index contributed by atoms with van der Waals surface area (Å²) in [7, 11) is 2.84. The first-order valence-electron chi connectivity index (χ1n) is 20.2. The van der Waals surface area contributed by atoms with Gasteiger partial charge in [0.25, 0.3) is 0 Å². The van der Waals surface area contributed by atoms with E-state index < -0.39 is 23.8 Å². The summed E-state index contributed by atoms with van der Waals surface area (Å²) < 4.78 is 40.4. The molecule has 0 saturated heterocycles. The van der Waals surface area contributed by atoms with E-state index in [2.05, 4.69) is 36.0 Å². The summed E-state index contributed by atoms with van der Waals surface area (Å²) in [6.45, 7) is 4.36. The van der Waals surface area contributed by atoms with Crippen molar-refractivity contribution in [1.82, 2.24) is 4.90 Å². The zero-order valence-corrected chi connectivity index (χ0v) is 33.2. The Morgan fingerprint density at radius 1 is 0.948 bits per heavy atom. The third kappa shape index (κ3) is 8.34. The molecule has 4 aromatic carbocycles. The van der Waals surface area contributed by atoms with E-state index in [0.717, 1.165) is 47.6 Å². The van der Waals surface area contributed by atoms with Crippen molar-refractivity contribution in [2.24, 2.45) is 22.9 Å². The molecule has 3 aliphatic rings. The van der Waals surface area contributed by atoms with Gasteiger partial charge in [0.2, 0.25) is 5.79 Å². The molecule has 1 amide bonds. The van der Waals surface area contributed by atoms with Gasteiger partial charge in [0.15, 0.2) is 0 Å². The minimum absolute atomic E-state index is 0.0375. The number of allylic oxidation sites excluding steroid dienone is 1. The van der Waals surface area contributed by atoms with Gasteiger partial charge >= 0.3 is 6.09 Å². The number of rotatable bonds is 17. The minimum atomic E-state index is -1.47. The lowest BCUT2D eigenvalue weighted by Crippen LogP contribution is -2.70. The standard InChI is InChI=1S/C47H53FN2O8/c1-4-25-56-47-43(50(46(53)54-2)30-31-15-18-35(48)19-16-31)29-41(49-55-3)39-27-34(13-7-9-23-51)38(14-8-10-24-52)44(45(39)47)40-28-37(21-22-42(40)58-47)57-36-20-17-32-11-5-6-12-33(32)26-36/h4-6,11-12,15-22,26-28,34,38,43-45,51-52H,1,7-10,13-14,23-25,29-30H2,2-3H3/t34-,38+,43-,44+,45+,47+/m0/s1. The Bertz CT molecular complexity index is 2120. The number of amides is 1. The largest absolute Gasteiger partial charge is 0.459 e. The number of nitrogens with zero attached hydrogens (tertiary/aromatic N) is 2. The zero-order valence-electron chi connectivity index (χ0n) is 33.2. The molecule has 58 heavy (non-hydrogen) atoms. The molecule has 0 bridgehead atoms. The highest BCUT2D eigenvalue weighted by molar-refractivity contribution is 6.03. The van der Waals surface area contributed by atoms with Gasteiger partial charge in [0.1, 0.15) is 36.2 Å². The van der Waals surface area contributed by atoms with Crippen LogP contribution in [0.5, 0.6) is 17.2 Å². The minimum Gasteiger partial charge on any atom is -0.459 e. The van der Waals surface area contributed by atoms with Crippen molar-refractivity contribution >= 4 is 22.6 Å². The van der Waals surface area contributed by atoms with Crippen molar-refractivity contribution in [3.63, 3.8) is 0 Å². The Labute approximate surface area is 339 Å². The number of aliphatic hydroxyl groups excluding tert-OH is 2. The molecule has 7 rings (SSSR count). The molecule has 6 atom stereocenters. The van der Waals surface area contributed by atoms with E-state index in [1.807, 2.05) is 42.5 Å². The lowest BCUT2D eigenvalue weighted by atomic mass is 9.55. The SMILES string of the molecule is C=CCO[C@@]12Oc3ccc(Oc4ccc5ccccc5c4)cc3[C@H]3[C@H](CCCCO)[C@@H](CCCCO)C=C(C(=NOC)C[C@@H]1N(Cc1ccc(F)cc1)C(=O)OC)[C@H]32. The van der Waals surface area contributed by atoms with Gasteiger partial charge < -0.3 is 34.0 Å². The Morgan fingerprint density at radius 3 is 2.40 bits per heavy atom. The Balaban J connectivity index is 1.43. The number of benzene rings is 4. The molecule has 0 unspecified atom stereocenters. The maximum atomic E-state index is 14.1. The van der Waals surface area contributed by atoms with Crippen LogP contribution in [0.4, 0.5) is 9.18 Å². The number of methoxy groups -OCH3 is 1. The second kappa shape index (κ2) is 18.6. The van der Waals surface area contributed by atoms with E-state index in [4.69, 9.17) is 23.8 Å². The second-order valence-electron chi connectivity index (χ2n) is 15.3. The summed E-state index contributed by atoms with van der Waals surface area (Å²) >= 11 is 0. The molecule has 4 aromatic rings. The molecule has 0 spiro atoms. The Morgan fingerprint density at radius 2 is 1.67 bits per heavy atom. The number of oxime groups is 1. The number of aliphatic hydroxyl groups is 2. The first-order chi connectivity index (χ1) is 28.3. The molecule has 306 valence electrons. The molecular formula is C47H53FN2O8. The number of ether oxygens (including phenoxy) is 4. The number of halogens is 1. The maximum absolute atomic E-state index is 14.1. The number of unbranched alkanes of at least 4 members (excludes halogenated alkanes) is 2. The van der Waals surface area contributed by atoms with Crippen molar-refractivity contribution in [3.05, 3.63) is 126 Å². The van der Waals surface area contributed by atoms with Crippen molar-refractivity contribution in [1.29, 1.82) is 0 Å². The number of hydrogen-bond donors (Lipinski definition) is 2. The monoisotopic (exact) mass is 792 g/mol. The smallest absolute Gasteiger partial charge is 0.410 e. The average Bonchev–Trinajstić information content (AvgIpc) is 3.24. The van der Waals surface area contributed by atoms with E-state index in [1.54, 1.807) is 23.1 Å². The van der Waals surface area contributed by atoms with Crippen LogP contribution in [-0.2, 0) is 20.9 Å². The van der Waals surface area contributed by atoms with Crippen molar-refractivity contribution < 1.29 is 43.2 Å². The zero-order chi connectivity index (χ0) is 40.6. The van der Waals surface area contributed by atoms with Crippen LogP contribution >= 0.6 is 0 Å². The highest BCUT2D eigenvalue weighted by atomic mass is 19.1. The van der Waals surface area contributed by atoms with Crippen molar-refractivity contribution in [2.75, 3.05) is 34.0 Å². The third-order valence-corrected chi connectivity index (χ3v) is 11.9. The summed E-state index contributed by atoms with van der Waals surface area (Å²) in [5, 5.41) is 26.5. The fourth-order valence-corrected chi connectivity index (χ4v) is 9.39. The molecule has 1 saturated carbocycles. The van der Waals surface area contributed by atoms with Gasteiger partial charge in [-0.05, 0) is 102 Å². The predicted octanol–water partition coefficient (Wildman–Crippen LogP) is 9.30. The van der Waals surface area contributed by atoms with Gasteiger partial charge in [-0.15, -0.1) is 6.58 Å². The van der Waals surface area contributed by atoms with Crippen LogP contribution in [-0.4, -0.2) is 72.8 Å². The summed E-state index contributed by atoms with van der Waals surface area (Å²) in [5.41, 5.74) is 3.20. The highest BCUT2D eigenvalue weighted by Crippen LogP contribution is 2.62. The summed E-state index contributed by atoms with van der Waals surface area (Å²) in [6, 6.07) is 25.3. The quantitative estimate of drug-likeness (QED) is 0.0617. The molecule has 10 nitrogen and oxygen atoms in total. The first-order valence-corrected chi connectivity index (χ1v) is 20.2. The molecule has 1 fully saturated rings. The molecule has 11 heteroatoms. The normalized spacial score (nSPS) is 23.9. The number of fused-ring (bicyclic) bond motifs is 3. The molecule has 1 aliphatic heterocycles. The van der Waals surface area contributed by atoms with Gasteiger partial charge in [-0.1, -0.05) is 72.6 Å². The third-order valence-electron chi connectivity index (χ3n) is 11.9. The summed E-state index contributed by atoms with van der Waals surface area (Å²) in [5.74, 6) is -0.537. The van der Waals surface area contributed by atoms with Crippen LogP contribution in [0.2, 0.25) is 0 Å². The van der Waals surface area contributed by atoms with Crippen molar-refractivity contribution in [2.45, 2.75) is 69.2 Å². The van der Waals surface area contributed by atoms with E-state index in [1.165, 1.54) is 26.4 Å². The fraction of sp³-hybridized carbons (Fsp3) is 0.404. The van der Waals surface area contributed by atoms with E-state index in [-0.39, 0.29) is 56.4 Å². The fourth-order valence-electron chi connectivity index (χ4n) is 9.39. The highest BCUT2D eigenvalue weighted by Gasteiger charge is 2.65. The Hall–Kier alpha value is -5.23. The number of hydrogen-bond acceptors (Lipinski definition) is 9. The van der Waals surface area contributed by atoms with E-state index in [0.29, 0.717) is 41.4 Å². The van der Waals surface area contributed by atoms with Gasteiger partial charge in [-0.3, -0.25) is 4.90 Å². The van der Waals surface area contributed by atoms with Crippen LogP contribution in [0.25, 0.3) is 10.8 Å². The molecule has 1 heterocycles. The van der Waals surface area contributed by atoms with Gasteiger partial charge in [0.05, 0.1) is 25.3 Å². The Kier molecular flexibility index (Phi) is 13.1.